The minimum Gasteiger partial charge on any atom is -0.633 e. The van der Waals surface area contributed by atoms with E-state index in [-0.39, 0.29) is 11.3 Å². The van der Waals surface area contributed by atoms with Crippen molar-refractivity contribution in [2.75, 3.05) is 26.7 Å². The van der Waals surface area contributed by atoms with Crippen molar-refractivity contribution in [3.63, 3.8) is 0 Å². The third-order valence-corrected chi connectivity index (χ3v) is 3.86. The standard InChI is InChI=1S/C16H35NO3/c1-3-4-5-6-7-8-9-10-13-17(2,20)14-11-12-16(19)15-18/h16,18-19H,3-15H2,1-2H3/t16-,17?/m1/s1. The molecule has 0 aromatic rings. The predicted molar refractivity (Wildman–Crippen MR) is 84.2 cm³/mol. The Balaban J connectivity index is 3.42. The first-order valence-electron chi connectivity index (χ1n) is 8.36. The zero-order valence-corrected chi connectivity index (χ0v) is 13.5. The smallest absolute Gasteiger partial charge is 0.0782 e. The van der Waals surface area contributed by atoms with Crippen LogP contribution in [0.25, 0.3) is 0 Å². The number of aliphatic hydroxyl groups is 2. The molecule has 0 aliphatic heterocycles. The van der Waals surface area contributed by atoms with Crippen LogP contribution in [0.1, 0.15) is 71.1 Å². The molecule has 122 valence electrons. The Bertz CT molecular complexity index is 210. The van der Waals surface area contributed by atoms with Gasteiger partial charge in [-0.3, -0.25) is 0 Å². The van der Waals surface area contributed by atoms with E-state index in [1.165, 1.54) is 38.5 Å². The van der Waals surface area contributed by atoms with Crippen LogP contribution in [0.5, 0.6) is 0 Å². The molecule has 0 aliphatic carbocycles. The monoisotopic (exact) mass is 289 g/mol. The van der Waals surface area contributed by atoms with E-state index >= 15 is 0 Å². The van der Waals surface area contributed by atoms with E-state index < -0.39 is 6.10 Å². The second kappa shape index (κ2) is 12.6. The van der Waals surface area contributed by atoms with E-state index in [2.05, 4.69) is 6.92 Å². The summed E-state index contributed by atoms with van der Waals surface area (Å²) in [5.41, 5.74) is 0. The fraction of sp³-hybridized carbons (Fsp3) is 1.00. The van der Waals surface area contributed by atoms with Crippen molar-refractivity contribution in [1.82, 2.24) is 0 Å². The van der Waals surface area contributed by atoms with Crippen molar-refractivity contribution in [3.8, 4) is 0 Å². The minimum absolute atomic E-state index is 0.208. The number of aliphatic hydroxyl groups excluding tert-OH is 2. The maximum atomic E-state index is 12.1. The third kappa shape index (κ3) is 12.9. The van der Waals surface area contributed by atoms with Crippen LogP contribution in [0.2, 0.25) is 0 Å². The Hall–Kier alpha value is -0.160. The molecule has 0 aliphatic rings. The highest BCUT2D eigenvalue weighted by Crippen LogP contribution is 2.11. The average molecular weight is 289 g/mol. The van der Waals surface area contributed by atoms with Gasteiger partial charge in [0, 0.05) is 0 Å². The van der Waals surface area contributed by atoms with Gasteiger partial charge in [-0.25, -0.2) is 0 Å². The molecule has 20 heavy (non-hydrogen) atoms. The lowest BCUT2D eigenvalue weighted by molar-refractivity contribution is -0.861. The average Bonchev–Trinajstić information content (AvgIpc) is 2.41. The van der Waals surface area contributed by atoms with Crippen LogP contribution in [-0.4, -0.2) is 47.7 Å². The summed E-state index contributed by atoms with van der Waals surface area (Å²) in [4.78, 5) is 0. The summed E-state index contributed by atoms with van der Waals surface area (Å²) in [6, 6.07) is 0. The molecule has 0 heterocycles. The Morgan fingerprint density at radius 2 is 1.40 bits per heavy atom. The van der Waals surface area contributed by atoms with Gasteiger partial charge in [0.15, 0.2) is 0 Å². The second-order valence-electron chi connectivity index (χ2n) is 6.20. The van der Waals surface area contributed by atoms with E-state index in [9.17, 15) is 10.3 Å². The predicted octanol–water partition coefficient (Wildman–Crippen LogP) is 3.20. The highest BCUT2D eigenvalue weighted by Gasteiger charge is 2.11. The highest BCUT2D eigenvalue weighted by molar-refractivity contribution is 4.53. The van der Waals surface area contributed by atoms with Gasteiger partial charge in [0.25, 0.3) is 0 Å². The van der Waals surface area contributed by atoms with E-state index in [4.69, 9.17) is 5.11 Å². The van der Waals surface area contributed by atoms with E-state index in [0.717, 1.165) is 12.8 Å². The number of hydrogen-bond donors (Lipinski definition) is 2. The molecular formula is C16H35NO3. The molecule has 0 rings (SSSR count). The van der Waals surface area contributed by atoms with Crippen molar-refractivity contribution >= 4 is 0 Å². The molecule has 0 aromatic heterocycles. The van der Waals surface area contributed by atoms with Gasteiger partial charge in [0.2, 0.25) is 0 Å². The van der Waals surface area contributed by atoms with Crippen molar-refractivity contribution < 1.29 is 14.9 Å². The molecule has 0 radical (unpaired) electrons. The van der Waals surface area contributed by atoms with Crippen LogP contribution in [0.15, 0.2) is 0 Å². The zero-order chi connectivity index (χ0) is 15.3. The first-order valence-corrected chi connectivity index (χ1v) is 8.36. The van der Waals surface area contributed by atoms with Crippen LogP contribution >= 0.6 is 0 Å². The maximum Gasteiger partial charge on any atom is 0.0782 e. The molecule has 4 heteroatoms. The molecular weight excluding hydrogens is 254 g/mol. The Morgan fingerprint density at radius 1 is 0.900 bits per heavy atom. The Morgan fingerprint density at radius 3 is 1.95 bits per heavy atom. The summed E-state index contributed by atoms with van der Waals surface area (Å²) in [6.07, 6.45) is 10.5. The molecule has 0 fully saturated rings. The molecule has 2 atom stereocenters. The molecule has 4 nitrogen and oxygen atoms in total. The molecule has 1 unspecified atom stereocenters. The Kier molecular flexibility index (Phi) is 12.5. The quantitative estimate of drug-likeness (QED) is 0.293. The first-order chi connectivity index (χ1) is 9.52. The molecule has 0 aromatic carbocycles. The van der Waals surface area contributed by atoms with Crippen molar-refractivity contribution in [1.29, 1.82) is 0 Å². The van der Waals surface area contributed by atoms with Crippen molar-refractivity contribution in [2.45, 2.75) is 77.2 Å². The molecule has 0 amide bonds. The van der Waals surface area contributed by atoms with Crippen molar-refractivity contribution in [3.05, 3.63) is 5.21 Å². The lowest BCUT2D eigenvalue weighted by Crippen LogP contribution is -2.39. The molecule has 0 saturated carbocycles. The fourth-order valence-corrected chi connectivity index (χ4v) is 2.44. The molecule has 0 spiro atoms. The van der Waals surface area contributed by atoms with Gasteiger partial charge in [0.1, 0.15) is 0 Å². The summed E-state index contributed by atoms with van der Waals surface area (Å²) >= 11 is 0. The van der Waals surface area contributed by atoms with Crippen molar-refractivity contribution in [2.24, 2.45) is 0 Å². The van der Waals surface area contributed by atoms with Gasteiger partial charge in [-0.15, -0.1) is 0 Å². The van der Waals surface area contributed by atoms with E-state index in [0.29, 0.717) is 25.9 Å². The number of nitrogens with zero attached hydrogens (tertiary/aromatic N) is 1. The number of quaternary nitrogens is 1. The third-order valence-electron chi connectivity index (χ3n) is 3.86. The highest BCUT2D eigenvalue weighted by atomic mass is 16.5. The van der Waals surface area contributed by atoms with E-state index in [1.807, 2.05) is 0 Å². The number of hydrogen-bond acceptors (Lipinski definition) is 3. The van der Waals surface area contributed by atoms with Crippen LogP contribution in [-0.2, 0) is 0 Å². The molecule has 0 bridgehead atoms. The first kappa shape index (κ1) is 19.8. The van der Waals surface area contributed by atoms with Crippen LogP contribution < -0.4 is 0 Å². The number of rotatable bonds is 14. The number of hydroxylamine groups is 3. The summed E-state index contributed by atoms with van der Waals surface area (Å²) in [7, 11) is 1.71. The van der Waals surface area contributed by atoms with Crippen LogP contribution in [0.4, 0.5) is 0 Å². The molecule has 2 N–H and O–H groups in total. The number of unbranched alkanes of at least 4 members (excludes halogenated alkanes) is 7. The lowest BCUT2D eigenvalue weighted by atomic mass is 10.1. The second-order valence-corrected chi connectivity index (χ2v) is 6.20. The van der Waals surface area contributed by atoms with Gasteiger partial charge in [0.05, 0.1) is 32.8 Å². The normalized spacial score (nSPS) is 16.1. The summed E-state index contributed by atoms with van der Waals surface area (Å²) in [5.74, 6) is 0. The zero-order valence-electron chi connectivity index (χ0n) is 13.5. The molecule has 0 saturated heterocycles. The topological polar surface area (TPSA) is 63.5 Å². The lowest BCUT2D eigenvalue weighted by Gasteiger charge is -2.39. The van der Waals surface area contributed by atoms with Gasteiger partial charge in [-0.1, -0.05) is 45.4 Å². The summed E-state index contributed by atoms with van der Waals surface area (Å²) in [6.45, 7) is 3.23. The SMILES string of the molecule is CCCCCCCCCC[N+](C)([O-])CCC[C@@H](O)CO. The Labute approximate surface area is 125 Å². The van der Waals surface area contributed by atoms with Gasteiger partial charge in [-0.2, -0.15) is 0 Å². The summed E-state index contributed by atoms with van der Waals surface area (Å²) < 4.78 is -0.214. The maximum absolute atomic E-state index is 12.1. The van der Waals surface area contributed by atoms with Gasteiger partial charge >= 0.3 is 0 Å². The summed E-state index contributed by atoms with van der Waals surface area (Å²) in [5, 5.41) is 30.1. The van der Waals surface area contributed by atoms with Gasteiger partial charge < -0.3 is 20.1 Å². The fourth-order valence-electron chi connectivity index (χ4n) is 2.44. The van der Waals surface area contributed by atoms with E-state index in [1.54, 1.807) is 7.05 Å². The minimum atomic E-state index is -0.668. The van der Waals surface area contributed by atoms with Gasteiger partial charge in [-0.05, 0) is 25.7 Å². The van der Waals surface area contributed by atoms with Crippen LogP contribution in [0, 0.1) is 5.21 Å². The largest absolute Gasteiger partial charge is 0.633 e. The van der Waals surface area contributed by atoms with Crippen LogP contribution in [0.3, 0.4) is 0 Å².